The highest BCUT2D eigenvalue weighted by Crippen LogP contribution is 2.34. The van der Waals surface area contributed by atoms with E-state index >= 15 is 0 Å². The molecule has 1 aliphatic heterocycles. The molecule has 0 amide bonds. The van der Waals surface area contributed by atoms with E-state index in [1.165, 1.54) is 17.7 Å². The third-order valence-corrected chi connectivity index (χ3v) is 4.73. The van der Waals surface area contributed by atoms with Crippen LogP contribution in [0.1, 0.15) is 31.6 Å². The molecule has 1 aliphatic rings. The predicted molar refractivity (Wildman–Crippen MR) is 67.8 cm³/mol. The van der Waals surface area contributed by atoms with Crippen molar-refractivity contribution in [3.8, 4) is 0 Å². The molecule has 0 aliphatic carbocycles. The second-order valence-corrected chi connectivity index (χ2v) is 6.52. The fourth-order valence-electron chi connectivity index (χ4n) is 2.44. The Balaban J connectivity index is 2.13. The van der Waals surface area contributed by atoms with Crippen LogP contribution in [-0.4, -0.2) is 12.1 Å². The van der Waals surface area contributed by atoms with Gasteiger partial charge in [-0.3, -0.25) is 0 Å². The number of rotatable bonds is 3. The summed E-state index contributed by atoms with van der Waals surface area (Å²) < 4.78 is 0.905. The molecule has 3 heteroatoms. The lowest BCUT2D eigenvalue weighted by molar-refractivity contribution is 0.271. The lowest BCUT2D eigenvalue weighted by Gasteiger charge is -2.33. The van der Waals surface area contributed by atoms with Crippen LogP contribution in [0.5, 0.6) is 0 Å². The van der Waals surface area contributed by atoms with Gasteiger partial charge in [-0.05, 0) is 37.4 Å². The van der Waals surface area contributed by atoms with Crippen LogP contribution in [0.3, 0.4) is 0 Å². The number of hydrogen-bond donors (Lipinski definition) is 1. The third kappa shape index (κ3) is 2.38. The lowest BCUT2D eigenvalue weighted by atomic mass is 9.81. The van der Waals surface area contributed by atoms with Gasteiger partial charge in [0.05, 0.1) is 4.34 Å². The monoisotopic (exact) mass is 243 g/mol. The molecule has 2 rings (SSSR count). The van der Waals surface area contributed by atoms with Crippen molar-refractivity contribution in [3.05, 3.63) is 21.3 Å². The summed E-state index contributed by atoms with van der Waals surface area (Å²) in [5.41, 5.74) is 0.314. The molecule has 15 heavy (non-hydrogen) atoms. The van der Waals surface area contributed by atoms with E-state index in [1.807, 2.05) is 6.07 Å². The van der Waals surface area contributed by atoms with Crippen LogP contribution in [-0.2, 0) is 6.42 Å². The molecule has 84 valence electrons. The van der Waals surface area contributed by atoms with E-state index in [0.29, 0.717) is 11.5 Å². The molecule has 2 heterocycles. The van der Waals surface area contributed by atoms with E-state index in [2.05, 4.69) is 25.2 Å². The smallest absolute Gasteiger partial charge is 0.0931 e. The Hall–Kier alpha value is -0.0500. The lowest BCUT2D eigenvalue weighted by Crippen LogP contribution is -2.46. The van der Waals surface area contributed by atoms with E-state index in [0.717, 1.165) is 17.3 Å². The van der Waals surface area contributed by atoms with Gasteiger partial charge in [0.2, 0.25) is 0 Å². The van der Waals surface area contributed by atoms with Crippen molar-refractivity contribution < 1.29 is 0 Å². The highest BCUT2D eigenvalue weighted by molar-refractivity contribution is 7.16. The molecule has 0 saturated carbocycles. The molecule has 0 spiro atoms. The van der Waals surface area contributed by atoms with Crippen molar-refractivity contribution in [2.45, 2.75) is 38.6 Å². The summed E-state index contributed by atoms with van der Waals surface area (Å²) in [6.07, 6.45) is 3.72. The molecule has 1 nitrogen and oxygen atoms in total. The SMILES string of the molecule is CC(C)C1(Cc2ccc(Cl)s2)CCCN1. The average Bonchev–Trinajstić information content (AvgIpc) is 2.77. The Morgan fingerprint density at radius 3 is 2.80 bits per heavy atom. The molecule has 1 unspecified atom stereocenters. The van der Waals surface area contributed by atoms with Crippen LogP contribution in [0.2, 0.25) is 4.34 Å². The van der Waals surface area contributed by atoms with Gasteiger partial charge in [-0.15, -0.1) is 11.3 Å². The summed E-state index contributed by atoms with van der Waals surface area (Å²) in [6.45, 7) is 5.79. The first-order chi connectivity index (χ1) is 7.12. The quantitative estimate of drug-likeness (QED) is 0.853. The molecule has 0 aromatic carbocycles. The second-order valence-electron chi connectivity index (χ2n) is 4.72. The number of thiophene rings is 1. The topological polar surface area (TPSA) is 12.0 Å². The van der Waals surface area contributed by atoms with Crippen LogP contribution in [0.25, 0.3) is 0 Å². The third-order valence-electron chi connectivity index (χ3n) is 3.50. The van der Waals surface area contributed by atoms with Crippen molar-refractivity contribution in [2.75, 3.05) is 6.54 Å². The summed E-state index contributed by atoms with van der Waals surface area (Å²) in [5.74, 6) is 0.681. The molecule has 0 radical (unpaired) electrons. The normalized spacial score (nSPS) is 26.4. The van der Waals surface area contributed by atoms with Crippen LogP contribution < -0.4 is 5.32 Å². The zero-order valence-corrected chi connectivity index (χ0v) is 10.9. The van der Waals surface area contributed by atoms with Gasteiger partial charge in [0.1, 0.15) is 0 Å². The Bertz CT molecular complexity index is 326. The van der Waals surface area contributed by atoms with E-state index in [1.54, 1.807) is 11.3 Å². The first kappa shape index (κ1) is 11.4. The summed E-state index contributed by atoms with van der Waals surface area (Å²) in [5, 5.41) is 3.69. The van der Waals surface area contributed by atoms with Gasteiger partial charge in [-0.25, -0.2) is 0 Å². The van der Waals surface area contributed by atoms with Gasteiger partial charge in [-0.2, -0.15) is 0 Å². The fourth-order valence-corrected chi connectivity index (χ4v) is 3.65. The highest BCUT2D eigenvalue weighted by atomic mass is 35.5. The molecule has 1 saturated heterocycles. The first-order valence-corrected chi connectivity index (χ1v) is 6.81. The van der Waals surface area contributed by atoms with Crippen molar-refractivity contribution in [3.63, 3.8) is 0 Å². The summed E-state index contributed by atoms with van der Waals surface area (Å²) >= 11 is 7.68. The van der Waals surface area contributed by atoms with E-state index < -0.39 is 0 Å². The van der Waals surface area contributed by atoms with Crippen molar-refractivity contribution in [2.24, 2.45) is 5.92 Å². The van der Waals surface area contributed by atoms with Crippen molar-refractivity contribution in [1.29, 1.82) is 0 Å². The fraction of sp³-hybridized carbons (Fsp3) is 0.667. The number of halogens is 1. The second kappa shape index (κ2) is 4.44. The first-order valence-electron chi connectivity index (χ1n) is 5.62. The average molecular weight is 244 g/mol. The zero-order chi connectivity index (χ0) is 10.9. The molecular formula is C12H18ClNS. The number of hydrogen-bond acceptors (Lipinski definition) is 2. The molecule has 1 fully saturated rings. The number of nitrogens with one attached hydrogen (secondary N) is 1. The molecular weight excluding hydrogens is 226 g/mol. The van der Waals surface area contributed by atoms with E-state index in [-0.39, 0.29) is 0 Å². The predicted octanol–water partition coefficient (Wildman–Crippen LogP) is 3.72. The highest BCUT2D eigenvalue weighted by Gasteiger charge is 2.36. The molecule has 1 atom stereocenters. The van der Waals surface area contributed by atoms with E-state index in [4.69, 9.17) is 11.6 Å². The Morgan fingerprint density at radius 2 is 2.33 bits per heavy atom. The maximum atomic E-state index is 5.97. The van der Waals surface area contributed by atoms with Crippen LogP contribution in [0.15, 0.2) is 12.1 Å². The molecule has 1 N–H and O–H groups in total. The minimum absolute atomic E-state index is 0.314. The molecule has 0 bridgehead atoms. The van der Waals surface area contributed by atoms with Crippen LogP contribution in [0, 0.1) is 5.92 Å². The van der Waals surface area contributed by atoms with Crippen molar-refractivity contribution in [1.82, 2.24) is 5.32 Å². The Kier molecular flexibility index (Phi) is 3.39. The van der Waals surface area contributed by atoms with Gasteiger partial charge in [-0.1, -0.05) is 25.4 Å². The molecule has 1 aromatic rings. The Labute approximate surface area is 101 Å². The Morgan fingerprint density at radius 1 is 1.53 bits per heavy atom. The van der Waals surface area contributed by atoms with Gasteiger partial charge >= 0.3 is 0 Å². The minimum atomic E-state index is 0.314. The summed E-state index contributed by atoms with van der Waals surface area (Å²) in [7, 11) is 0. The van der Waals surface area contributed by atoms with Crippen LogP contribution >= 0.6 is 22.9 Å². The van der Waals surface area contributed by atoms with Gasteiger partial charge in [0.25, 0.3) is 0 Å². The molecule has 1 aromatic heterocycles. The summed E-state index contributed by atoms with van der Waals surface area (Å²) in [6, 6.07) is 4.17. The van der Waals surface area contributed by atoms with Gasteiger partial charge < -0.3 is 5.32 Å². The maximum Gasteiger partial charge on any atom is 0.0931 e. The van der Waals surface area contributed by atoms with Crippen molar-refractivity contribution >= 4 is 22.9 Å². The largest absolute Gasteiger partial charge is 0.311 e. The minimum Gasteiger partial charge on any atom is -0.311 e. The van der Waals surface area contributed by atoms with Gasteiger partial charge in [0, 0.05) is 16.8 Å². The zero-order valence-electron chi connectivity index (χ0n) is 9.35. The van der Waals surface area contributed by atoms with E-state index in [9.17, 15) is 0 Å². The van der Waals surface area contributed by atoms with Crippen LogP contribution in [0.4, 0.5) is 0 Å². The van der Waals surface area contributed by atoms with Gasteiger partial charge in [0.15, 0.2) is 0 Å². The maximum absolute atomic E-state index is 5.97. The standard InChI is InChI=1S/C12H18ClNS/c1-9(2)12(6-3-7-14-12)8-10-4-5-11(13)15-10/h4-5,9,14H,3,6-8H2,1-2H3. The summed E-state index contributed by atoms with van der Waals surface area (Å²) in [4.78, 5) is 1.41.